The minimum atomic E-state index is -0.421. The summed E-state index contributed by atoms with van der Waals surface area (Å²) in [5.74, 6) is -0.628. The van der Waals surface area contributed by atoms with Gasteiger partial charge in [-0.15, -0.1) is 0 Å². The second kappa shape index (κ2) is 5.21. The Kier molecular flexibility index (Phi) is 3.91. The van der Waals surface area contributed by atoms with E-state index in [0.29, 0.717) is 0 Å². The van der Waals surface area contributed by atoms with Crippen LogP contribution in [0.15, 0.2) is 24.3 Å². The summed E-state index contributed by atoms with van der Waals surface area (Å²) in [6.07, 6.45) is 0. The molecule has 0 unspecified atom stereocenters. The Morgan fingerprint density at radius 2 is 2.07 bits per heavy atom. The van der Waals surface area contributed by atoms with Crippen LogP contribution in [0.4, 0.5) is 4.39 Å². The Labute approximate surface area is 81.4 Å². The van der Waals surface area contributed by atoms with Crippen LogP contribution in [-0.4, -0.2) is 19.2 Å². The minimum absolute atomic E-state index is 0.129. The molecule has 0 amide bonds. The van der Waals surface area contributed by atoms with Crippen molar-refractivity contribution in [1.29, 1.82) is 0 Å². The predicted octanol–water partition coefficient (Wildman–Crippen LogP) is 1.77. The first kappa shape index (κ1) is 10.5. The zero-order chi connectivity index (χ0) is 10.4. The van der Waals surface area contributed by atoms with Gasteiger partial charge in [0.15, 0.2) is 11.6 Å². The summed E-state index contributed by atoms with van der Waals surface area (Å²) in [7, 11) is 0. The van der Waals surface area contributed by atoms with E-state index in [1.165, 1.54) is 19.1 Å². The third-order valence-electron chi connectivity index (χ3n) is 1.48. The van der Waals surface area contributed by atoms with Crippen molar-refractivity contribution in [2.75, 3.05) is 13.2 Å². The van der Waals surface area contributed by atoms with E-state index in [9.17, 15) is 9.18 Å². The van der Waals surface area contributed by atoms with E-state index in [2.05, 4.69) is 4.74 Å². The zero-order valence-electron chi connectivity index (χ0n) is 7.83. The van der Waals surface area contributed by atoms with Gasteiger partial charge in [-0.3, -0.25) is 4.79 Å². The maximum Gasteiger partial charge on any atom is 0.302 e. The average molecular weight is 198 g/mol. The van der Waals surface area contributed by atoms with E-state index >= 15 is 0 Å². The van der Waals surface area contributed by atoms with Gasteiger partial charge < -0.3 is 9.47 Å². The molecule has 0 aliphatic heterocycles. The van der Waals surface area contributed by atoms with Crippen LogP contribution in [0.3, 0.4) is 0 Å². The number of carbonyl (C=O) groups is 1. The summed E-state index contributed by atoms with van der Waals surface area (Å²) in [6.45, 7) is 1.59. The van der Waals surface area contributed by atoms with Crippen molar-refractivity contribution >= 4 is 5.97 Å². The van der Waals surface area contributed by atoms with Gasteiger partial charge >= 0.3 is 5.97 Å². The molecule has 1 rings (SSSR count). The lowest BCUT2D eigenvalue weighted by Crippen LogP contribution is -2.10. The van der Waals surface area contributed by atoms with Gasteiger partial charge in [-0.1, -0.05) is 12.1 Å². The van der Waals surface area contributed by atoms with Crippen LogP contribution < -0.4 is 4.74 Å². The summed E-state index contributed by atoms with van der Waals surface area (Å²) in [6, 6.07) is 6.07. The predicted molar refractivity (Wildman–Crippen MR) is 48.5 cm³/mol. The van der Waals surface area contributed by atoms with E-state index in [1.54, 1.807) is 12.1 Å². The molecule has 0 aliphatic rings. The zero-order valence-corrected chi connectivity index (χ0v) is 7.83. The fourth-order valence-corrected chi connectivity index (χ4v) is 0.899. The molecule has 0 spiro atoms. The van der Waals surface area contributed by atoms with Crippen LogP contribution in [0.1, 0.15) is 6.92 Å². The molecule has 1 aromatic rings. The van der Waals surface area contributed by atoms with Crippen molar-refractivity contribution in [2.45, 2.75) is 6.92 Å². The molecule has 0 fully saturated rings. The first-order valence-electron chi connectivity index (χ1n) is 4.21. The Hall–Kier alpha value is -1.58. The number of hydrogen-bond acceptors (Lipinski definition) is 3. The maximum absolute atomic E-state index is 12.9. The Balaban J connectivity index is 2.31. The number of esters is 1. The van der Waals surface area contributed by atoms with Gasteiger partial charge in [-0.2, -0.15) is 0 Å². The second-order valence-electron chi connectivity index (χ2n) is 2.62. The lowest BCUT2D eigenvalue weighted by Gasteiger charge is -2.06. The van der Waals surface area contributed by atoms with Gasteiger partial charge in [0.1, 0.15) is 13.2 Å². The monoisotopic (exact) mass is 198 g/mol. The number of ether oxygens (including phenoxy) is 2. The van der Waals surface area contributed by atoms with Gasteiger partial charge in [0.05, 0.1) is 0 Å². The van der Waals surface area contributed by atoms with Crippen molar-refractivity contribution in [1.82, 2.24) is 0 Å². The van der Waals surface area contributed by atoms with Gasteiger partial charge in [0.2, 0.25) is 0 Å². The van der Waals surface area contributed by atoms with Crippen molar-refractivity contribution in [3.8, 4) is 5.75 Å². The van der Waals surface area contributed by atoms with E-state index in [1.807, 2.05) is 0 Å². The molecule has 0 saturated heterocycles. The van der Waals surface area contributed by atoms with Gasteiger partial charge in [-0.05, 0) is 12.1 Å². The molecule has 3 nitrogen and oxygen atoms in total. The minimum Gasteiger partial charge on any atom is -0.487 e. The van der Waals surface area contributed by atoms with Crippen molar-refractivity contribution in [3.05, 3.63) is 30.1 Å². The number of rotatable bonds is 4. The molecule has 0 bridgehead atoms. The lowest BCUT2D eigenvalue weighted by atomic mass is 10.3. The smallest absolute Gasteiger partial charge is 0.302 e. The standard InChI is InChI=1S/C10H11FO3/c1-8(12)13-6-7-14-10-5-3-2-4-9(10)11/h2-5H,6-7H2,1H3. The number of hydrogen-bond donors (Lipinski definition) is 0. The third kappa shape index (κ3) is 3.43. The average Bonchev–Trinajstić information content (AvgIpc) is 2.15. The quantitative estimate of drug-likeness (QED) is 0.546. The molecule has 0 saturated carbocycles. The number of halogens is 1. The second-order valence-corrected chi connectivity index (χ2v) is 2.62. The van der Waals surface area contributed by atoms with Crippen molar-refractivity contribution < 1.29 is 18.7 Å². The summed E-state index contributed by atoms with van der Waals surface area (Å²) >= 11 is 0. The first-order valence-corrected chi connectivity index (χ1v) is 4.21. The lowest BCUT2D eigenvalue weighted by molar-refractivity contribution is -0.141. The summed E-state index contributed by atoms with van der Waals surface area (Å²) in [5.41, 5.74) is 0. The first-order chi connectivity index (χ1) is 6.70. The molecule has 1 aromatic carbocycles. The SMILES string of the molecule is CC(=O)OCCOc1ccccc1F. The number of para-hydroxylation sites is 1. The molecule has 0 aliphatic carbocycles. The molecule has 0 atom stereocenters. The van der Waals surface area contributed by atoms with Crippen LogP contribution in [0, 0.1) is 5.82 Å². The fraction of sp³-hybridized carbons (Fsp3) is 0.300. The molecule has 0 N–H and O–H groups in total. The normalized spacial score (nSPS) is 9.57. The highest BCUT2D eigenvalue weighted by atomic mass is 19.1. The van der Waals surface area contributed by atoms with Crippen molar-refractivity contribution in [2.24, 2.45) is 0 Å². The molecular formula is C10H11FO3. The highest BCUT2D eigenvalue weighted by molar-refractivity contribution is 5.65. The molecule has 0 aromatic heterocycles. The van der Waals surface area contributed by atoms with E-state index < -0.39 is 5.82 Å². The van der Waals surface area contributed by atoms with E-state index in [0.717, 1.165) is 0 Å². The number of benzene rings is 1. The van der Waals surface area contributed by atoms with Crippen LogP contribution in [0.5, 0.6) is 5.75 Å². The Bertz CT molecular complexity index is 312. The fourth-order valence-electron chi connectivity index (χ4n) is 0.899. The van der Waals surface area contributed by atoms with Crippen LogP contribution in [0.25, 0.3) is 0 Å². The molecule has 76 valence electrons. The molecular weight excluding hydrogens is 187 g/mol. The molecule has 14 heavy (non-hydrogen) atoms. The van der Waals surface area contributed by atoms with Gasteiger partial charge in [0, 0.05) is 6.92 Å². The highest BCUT2D eigenvalue weighted by Crippen LogP contribution is 2.14. The van der Waals surface area contributed by atoms with Gasteiger partial charge in [-0.25, -0.2) is 4.39 Å². The maximum atomic E-state index is 12.9. The summed E-state index contributed by atoms with van der Waals surface area (Å²) in [5, 5.41) is 0. The Morgan fingerprint density at radius 3 is 2.71 bits per heavy atom. The Morgan fingerprint density at radius 1 is 1.36 bits per heavy atom. The molecule has 0 heterocycles. The largest absolute Gasteiger partial charge is 0.487 e. The summed E-state index contributed by atoms with van der Waals surface area (Å²) in [4.78, 5) is 10.4. The van der Waals surface area contributed by atoms with E-state index in [-0.39, 0.29) is 24.9 Å². The van der Waals surface area contributed by atoms with E-state index in [4.69, 9.17) is 4.74 Å². The van der Waals surface area contributed by atoms with Crippen LogP contribution in [0.2, 0.25) is 0 Å². The highest BCUT2D eigenvalue weighted by Gasteiger charge is 2.00. The molecule has 4 heteroatoms. The van der Waals surface area contributed by atoms with Gasteiger partial charge in [0.25, 0.3) is 0 Å². The number of carbonyl (C=O) groups excluding carboxylic acids is 1. The third-order valence-corrected chi connectivity index (χ3v) is 1.48. The summed E-state index contributed by atoms with van der Waals surface area (Å²) < 4.78 is 22.6. The van der Waals surface area contributed by atoms with Crippen molar-refractivity contribution in [3.63, 3.8) is 0 Å². The molecule has 0 radical (unpaired) electrons. The van der Waals surface area contributed by atoms with Crippen LogP contribution in [-0.2, 0) is 9.53 Å². The topological polar surface area (TPSA) is 35.5 Å². The van der Waals surface area contributed by atoms with Crippen LogP contribution >= 0.6 is 0 Å².